The summed E-state index contributed by atoms with van der Waals surface area (Å²) in [7, 11) is 1.63. The van der Waals surface area contributed by atoms with E-state index in [0.29, 0.717) is 41.0 Å². The standard InChI is InChI=1S/C30H31FN6O4/c1-30(28(38)34-21-9-10-21)16-40-27(41-17-30)26-36-24(19-5-7-20(31)8-6-19)25(37-26)23-13-14-32-29(35-23)33-15-18-3-11-22(39-2)12-4-18/h3-8,11-14,21,27H,9-10,15-17H2,1-2H3,(H,34,38)(H,36,37)(H,32,33,35). The zero-order valence-corrected chi connectivity index (χ0v) is 22.8. The smallest absolute Gasteiger partial charge is 0.230 e. The molecule has 1 amide bonds. The predicted octanol–water partition coefficient (Wildman–Crippen LogP) is 4.62. The molecule has 0 atom stereocenters. The average molecular weight is 559 g/mol. The number of carbonyl (C=O) groups is 1. The SMILES string of the molecule is COc1ccc(CNc2nccc(-c3[nH]c(C4OCC(C)(C(=O)NC5CC5)CO4)nc3-c3ccc(F)cc3)n2)cc1. The van der Waals surface area contributed by atoms with Gasteiger partial charge in [0.25, 0.3) is 0 Å². The number of nitrogens with zero attached hydrogens (tertiary/aromatic N) is 3. The zero-order valence-electron chi connectivity index (χ0n) is 22.8. The highest BCUT2D eigenvalue weighted by molar-refractivity contribution is 5.83. The van der Waals surface area contributed by atoms with Crippen LogP contribution in [0.25, 0.3) is 22.6 Å². The number of hydrogen-bond acceptors (Lipinski definition) is 8. The Bertz CT molecular complexity index is 1510. The van der Waals surface area contributed by atoms with Crippen LogP contribution in [0.15, 0.2) is 60.8 Å². The lowest BCUT2D eigenvalue weighted by atomic mass is 9.91. The Morgan fingerprint density at radius 1 is 1.07 bits per heavy atom. The zero-order chi connectivity index (χ0) is 28.4. The Morgan fingerprint density at radius 2 is 1.80 bits per heavy atom. The monoisotopic (exact) mass is 558 g/mol. The molecule has 1 saturated carbocycles. The van der Waals surface area contributed by atoms with Gasteiger partial charge >= 0.3 is 0 Å². The van der Waals surface area contributed by atoms with Gasteiger partial charge in [-0.3, -0.25) is 4.79 Å². The molecule has 2 aromatic carbocycles. The summed E-state index contributed by atoms with van der Waals surface area (Å²) in [5.41, 5.74) is 2.70. The van der Waals surface area contributed by atoms with Crippen molar-refractivity contribution in [3.05, 3.63) is 78.0 Å². The number of methoxy groups -OCH3 is 1. The van der Waals surface area contributed by atoms with Gasteiger partial charge in [0.1, 0.15) is 11.6 Å². The molecule has 0 spiro atoms. The third kappa shape index (κ3) is 6.06. The molecule has 2 fully saturated rings. The second-order valence-electron chi connectivity index (χ2n) is 10.6. The molecule has 212 valence electrons. The minimum absolute atomic E-state index is 0.0683. The first kappa shape index (κ1) is 26.9. The second-order valence-corrected chi connectivity index (χ2v) is 10.6. The number of amides is 1. The number of benzene rings is 2. The van der Waals surface area contributed by atoms with E-state index in [1.54, 1.807) is 31.5 Å². The Kier molecular flexibility index (Phi) is 7.38. The van der Waals surface area contributed by atoms with Gasteiger partial charge in [0.15, 0.2) is 5.82 Å². The first-order valence-electron chi connectivity index (χ1n) is 13.5. The Balaban J connectivity index is 1.24. The van der Waals surface area contributed by atoms with Crippen molar-refractivity contribution < 1.29 is 23.4 Å². The number of rotatable bonds is 9. The van der Waals surface area contributed by atoms with Crippen LogP contribution in [0.4, 0.5) is 10.3 Å². The van der Waals surface area contributed by atoms with Crippen molar-refractivity contribution >= 4 is 11.9 Å². The molecule has 6 rings (SSSR count). The lowest BCUT2D eigenvalue weighted by Crippen LogP contribution is -2.49. The van der Waals surface area contributed by atoms with E-state index in [9.17, 15) is 9.18 Å². The van der Waals surface area contributed by atoms with Gasteiger partial charge < -0.3 is 29.8 Å². The van der Waals surface area contributed by atoms with Crippen molar-refractivity contribution in [1.82, 2.24) is 25.3 Å². The Morgan fingerprint density at radius 3 is 2.49 bits per heavy atom. The maximum atomic E-state index is 13.7. The fourth-order valence-electron chi connectivity index (χ4n) is 4.50. The van der Waals surface area contributed by atoms with Gasteiger partial charge in [0.2, 0.25) is 18.1 Å². The third-order valence-corrected chi connectivity index (χ3v) is 7.15. The number of hydrogen-bond donors (Lipinski definition) is 3. The highest BCUT2D eigenvalue weighted by Gasteiger charge is 2.42. The molecule has 41 heavy (non-hydrogen) atoms. The number of H-pyrrole nitrogens is 1. The third-order valence-electron chi connectivity index (χ3n) is 7.15. The van der Waals surface area contributed by atoms with Crippen LogP contribution in [0.1, 0.15) is 37.4 Å². The van der Waals surface area contributed by atoms with E-state index in [1.165, 1.54) is 12.1 Å². The van der Waals surface area contributed by atoms with E-state index in [4.69, 9.17) is 24.2 Å². The molecule has 0 unspecified atom stereocenters. The van der Waals surface area contributed by atoms with E-state index in [2.05, 4.69) is 20.6 Å². The molecular weight excluding hydrogens is 527 g/mol. The molecule has 2 aliphatic rings. The molecule has 1 aliphatic heterocycles. The maximum Gasteiger partial charge on any atom is 0.230 e. The Hall–Kier alpha value is -4.35. The second kappa shape index (κ2) is 11.3. The molecule has 11 heteroatoms. The van der Waals surface area contributed by atoms with Gasteiger partial charge in [-0.1, -0.05) is 12.1 Å². The fraction of sp³-hybridized carbons (Fsp3) is 0.333. The minimum atomic E-state index is -0.806. The number of nitrogens with one attached hydrogen (secondary N) is 3. The molecule has 2 aromatic heterocycles. The normalized spacial score (nSPS) is 20.4. The number of aromatic amines is 1. The summed E-state index contributed by atoms with van der Waals surface area (Å²) >= 11 is 0. The largest absolute Gasteiger partial charge is 0.497 e. The van der Waals surface area contributed by atoms with Crippen molar-refractivity contribution in [3.8, 4) is 28.4 Å². The van der Waals surface area contributed by atoms with Crippen LogP contribution in [-0.4, -0.2) is 52.2 Å². The number of ether oxygens (including phenoxy) is 3. The summed E-state index contributed by atoms with van der Waals surface area (Å²) in [4.78, 5) is 29.9. The minimum Gasteiger partial charge on any atom is -0.497 e. The number of imidazole rings is 1. The Labute approximate surface area is 236 Å². The summed E-state index contributed by atoms with van der Waals surface area (Å²) in [6, 6.07) is 15.8. The van der Waals surface area contributed by atoms with Gasteiger partial charge in [-0.05, 0) is 67.8 Å². The number of anilines is 1. The first-order valence-corrected chi connectivity index (χ1v) is 13.5. The van der Waals surface area contributed by atoms with Crippen LogP contribution in [0.5, 0.6) is 5.75 Å². The van der Waals surface area contributed by atoms with E-state index >= 15 is 0 Å². The van der Waals surface area contributed by atoms with Crippen LogP contribution < -0.4 is 15.4 Å². The van der Waals surface area contributed by atoms with Crippen LogP contribution in [-0.2, 0) is 20.8 Å². The van der Waals surface area contributed by atoms with Crippen molar-refractivity contribution in [2.75, 3.05) is 25.6 Å². The number of halogens is 1. The molecule has 10 nitrogen and oxygen atoms in total. The van der Waals surface area contributed by atoms with Crippen molar-refractivity contribution in [2.45, 2.75) is 38.6 Å². The average Bonchev–Trinajstić information content (AvgIpc) is 3.71. The van der Waals surface area contributed by atoms with Crippen molar-refractivity contribution in [1.29, 1.82) is 0 Å². The summed E-state index contributed by atoms with van der Waals surface area (Å²) in [6.45, 7) is 2.72. The lowest BCUT2D eigenvalue weighted by molar-refractivity contribution is -0.231. The maximum absolute atomic E-state index is 13.7. The van der Waals surface area contributed by atoms with Gasteiger partial charge in [-0.15, -0.1) is 0 Å². The first-order chi connectivity index (χ1) is 19.9. The van der Waals surface area contributed by atoms with E-state index in [-0.39, 0.29) is 31.0 Å². The molecule has 0 bridgehead atoms. The highest BCUT2D eigenvalue weighted by Crippen LogP contribution is 2.36. The molecule has 4 aromatic rings. The summed E-state index contributed by atoms with van der Waals surface area (Å²) in [5, 5.41) is 6.28. The quantitative estimate of drug-likeness (QED) is 0.272. The molecule has 3 N–H and O–H groups in total. The molecule has 0 radical (unpaired) electrons. The van der Waals surface area contributed by atoms with Crippen LogP contribution in [0, 0.1) is 11.2 Å². The summed E-state index contributed by atoms with van der Waals surface area (Å²) < 4.78 is 30.9. The summed E-state index contributed by atoms with van der Waals surface area (Å²) in [5.74, 6) is 1.23. The van der Waals surface area contributed by atoms with Gasteiger partial charge in [0, 0.05) is 24.3 Å². The lowest BCUT2D eigenvalue weighted by Gasteiger charge is -2.35. The van der Waals surface area contributed by atoms with E-state index in [0.717, 1.165) is 24.2 Å². The molecule has 1 saturated heterocycles. The predicted molar refractivity (Wildman–Crippen MR) is 149 cm³/mol. The summed E-state index contributed by atoms with van der Waals surface area (Å²) in [6.07, 6.45) is 2.87. The number of aromatic nitrogens is 4. The molecule has 1 aliphatic carbocycles. The van der Waals surface area contributed by atoms with Crippen LogP contribution in [0.3, 0.4) is 0 Å². The van der Waals surface area contributed by atoms with Gasteiger partial charge in [-0.25, -0.2) is 19.3 Å². The number of carbonyl (C=O) groups excluding carboxylic acids is 1. The van der Waals surface area contributed by atoms with Gasteiger partial charge in [-0.2, -0.15) is 0 Å². The van der Waals surface area contributed by atoms with Crippen LogP contribution >= 0.6 is 0 Å². The topological polar surface area (TPSA) is 123 Å². The highest BCUT2D eigenvalue weighted by atomic mass is 19.1. The molecule has 3 heterocycles. The fourth-order valence-corrected chi connectivity index (χ4v) is 4.50. The van der Waals surface area contributed by atoms with Crippen LogP contribution in [0.2, 0.25) is 0 Å². The van der Waals surface area contributed by atoms with E-state index < -0.39 is 11.7 Å². The molecular formula is C30H31FN6O4. The van der Waals surface area contributed by atoms with E-state index in [1.807, 2.05) is 31.2 Å². The van der Waals surface area contributed by atoms with Gasteiger partial charge in [0.05, 0.1) is 42.8 Å². The van der Waals surface area contributed by atoms with Crippen molar-refractivity contribution in [3.63, 3.8) is 0 Å². The van der Waals surface area contributed by atoms with Crippen molar-refractivity contribution in [2.24, 2.45) is 5.41 Å².